The normalized spacial score (nSPS) is 14.0. The minimum Gasteiger partial charge on any atom is -0.493 e. The summed E-state index contributed by atoms with van der Waals surface area (Å²) >= 11 is 1.59. The van der Waals surface area contributed by atoms with Crippen molar-refractivity contribution in [2.24, 2.45) is 5.73 Å². The topological polar surface area (TPSA) is 91.9 Å². The monoisotopic (exact) mass is 572 g/mol. The van der Waals surface area contributed by atoms with Gasteiger partial charge in [-0.15, -0.1) is 0 Å². The number of fused-ring (bicyclic) bond motifs is 1. The number of benzene rings is 3. The molecule has 7 nitrogen and oxygen atoms in total. The van der Waals surface area contributed by atoms with E-state index in [4.69, 9.17) is 20.0 Å². The number of hydrogen-bond donors (Lipinski definition) is 2. The first-order chi connectivity index (χ1) is 20.1. The Balaban J connectivity index is 1.09. The fraction of sp³-hybridized carbons (Fsp3) is 0.394. The molecule has 0 amide bonds. The van der Waals surface area contributed by atoms with Crippen LogP contribution in [0.15, 0.2) is 66.7 Å². The van der Waals surface area contributed by atoms with Crippen LogP contribution < -0.4 is 15.4 Å². The maximum atomic E-state index is 11.1. The molecule has 3 N–H and O–H groups in total. The molecule has 3 aromatic carbocycles. The highest BCUT2D eigenvalue weighted by molar-refractivity contribution is 7.13. The second-order valence-corrected chi connectivity index (χ2v) is 11.5. The van der Waals surface area contributed by atoms with Crippen LogP contribution in [0.25, 0.3) is 10.1 Å². The molecule has 216 valence electrons. The summed E-state index contributed by atoms with van der Waals surface area (Å²) in [5.41, 5.74) is 10.5. The molecule has 0 radical (unpaired) electrons. The summed E-state index contributed by atoms with van der Waals surface area (Å²) in [5.74, 6) is 1.32. The number of ether oxygens (including phenoxy) is 1. The highest BCUT2D eigenvalue weighted by Crippen LogP contribution is 2.30. The number of nitrogens with two attached hydrogens (primary N) is 1. The number of carboxylic acid groups (broad SMARTS) is 1. The van der Waals surface area contributed by atoms with Gasteiger partial charge in [-0.25, -0.2) is 0 Å². The Morgan fingerprint density at radius 3 is 2.39 bits per heavy atom. The van der Waals surface area contributed by atoms with Gasteiger partial charge in [0.25, 0.3) is 0 Å². The highest BCUT2D eigenvalue weighted by atomic mass is 32.1. The van der Waals surface area contributed by atoms with Crippen molar-refractivity contribution in [3.05, 3.63) is 89.0 Å². The second-order valence-electron chi connectivity index (χ2n) is 10.7. The van der Waals surface area contributed by atoms with Gasteiger partial charge in [0.2, 0.25) is 0 Å². The lowest BCUT2D eigenvalue weighted by Gasteiger charge is -2.35. The lowest BCUT2D eigenvalue weighted by Crippen LogP contribution is -2.47. The number of carbonyl (C=O) groups is 1. The van der Waals surface area contributed by atoms with Gasteiger partial charge in [0, 0.05) is 44.5 Å². The zero-order valence-electron chi connectivity index (χ0n) is 23.6. The minimum atomic E-state index is -0.770. The lowest BCUT2D eigenvalue weighted by atomic mass is 9.96. The molecule has 0 unspecified atom stereocenters. The third-order valence-electron chi connectivity index (χ3n) is 7.74. The van der Waals surface area contributed by atoms with E-state index in [0.717, 1.165) is 75.5 Å². The average molecular weight is 573 g/mol. The SMILES string of the molecule is NCCc1cc(CCC(=O)O)cc(CCc2ccccc2OCCCN2CCN(c3nsc4ccccc34)CC2)c1. The molecular weight excluding hydrogens is 532 g/mol. The molecule has 0 aliphatic carbocycles. The van der Waals surface area contributed by atoms with E-state index in [1.54, 1.807) is 11.5 Å². The molecule has 1 aliphatic rings. The van der Waals surface area contributed by atoms with Gasteiger partial charge >= 0.3 is 5.97 Å². The summed E-state index contributed by atoms with van der Waals surface area (Å²) in [7, 11) is 0. The third kappa shape index (κ3) is 8.06. The van der Waals surface area contributed by atoms with E-state index in [9.17, 15) is 4.79 Å². The number of rotatable bonds is 14. The minimum absolute atomic E-state index is 0.140. The zero-order chi connectivity index (χ0) is 28.4. The quantitative estimate of drug-likeness (QED) is 0.201. The molecule has 1 fully saturated rings. The van der Waals surface area contributed by atoms with Crippen LogP contribution in [-0.4, -0.2) is 66.2 Å². The lowest BCUT2D eigenvalue weighted by molar-refractivity contribution is -0.136. The van der Waals surface area contributed by atoms with Crippen molar-refractivity contribution in [3.8, 4) is 5.75 Å². The standard InChI is InChI=1S/C33H40N4O3S/c34-15-14-27-23-25(22-26(24-27)11-13-32(38)39)10-12-28-6-1-3-8-30(28)40-21-5-16-36-17-19-37(20-18-36)33-29-7-2-4-9-31(29)41-35-33/h1-4,6-9,22-24H,5,10-21,34H2,(H,38,39). The molecule has 1 aromatic heterocycles. The molecule has 0 bridgehead atoms. The Hall–Kier alpha value is -3.46. The van der Waals surface area contributed by atoms with Gasteiger partial charge in [0.1, 0.15) is 11.6 Å². The van der Waals surface area contributed by atoms with Crippen molar-refractivity contribution in [3.63, 3.8) is 0 Å². The number of aromatic nitrogens is 1. The number of piperazine rings is 1. The molecule has 1 saturated heterocycles. The fourth-order valence-corrected chi connectivity index (χ4v) is 6.37. The second kappa shape index (κ2) is 14.4. The number of para-hydroxylation sites is 1. The van der Waals surface area contributed by atoms with Crippen LogP contribution in [0.2, 0.25) is 0 Å². The number of anilines is 1. The van der Waals surface area contributed by atoms with E-state index in [1.807, 2.05) is 6.07 Å². The van der Waals surface area contributed by atoms with E-state index in [1.165, 1.54) is 26.8 Å². The van der Waals surface area contributed by atoms with Crippen LogP contribution in [0.4, 0.5) is 5.82 Å². The fourth-order valence-electron chi connectivity index (χ4n) is 5.57. The zero-order valence-corrected chi connectivity index (χ0v) is 24.5. The predicted molar refractivity (Wildman–Crippen MR) is 167 cm³/mol. The van der Waals surface area contributed by atoms with Gasteiger partial charge in [0.05, 0.1) is 11.3 Å². The van der Waals surface area contributed by atoms with E-state index in [-0.39, 0.29) is 6.42 Å². The van der Waals surface area contributed by atoms with Crippen LogP contribution in [0.5, 0.6) is 5.75 Å². The Labute approximate surface area is 246 Å². The van der Waals surface area contributed by atoms with Crippen LogP contribution in [-0.2, 0) is 30.5 Å². The molecule has 0 atom stereocenters. The van der Waals surface area contributed by atoms with Crippen molar-refractivity contribution < 1.29 is 14.6 Å². The van der Waals surface area contributed by atoms with Gasteiger partial charge in [0.15, 0.2) is 0 Å². The first kappa shape index (κ1) is 29.0. The summed E-state index contributed by atoms with van der Waals surface area (Å²) in [6.45, 7) is 6.39. The molecule has 4 aromatic rings. The maximum Gasteiger partial charge on any atom is 0.303 e. The molecule has 8 heteroatoms. The van der Waals surface area contributed by atoms with Crippen LogP contribution in [0.3, 0.4) is 0 Å². The molecule has 5 rings (SSSR count). The average Bonchev–Trinajstić information content (AvgIpc) is 3.42. The van der Waals surface area contributed by atoms with Crippen molar-refractivity contribution in [1.29, 1.82) is 0 Å². The highest BCUT2D eigenvalue weighted by Gasteiger charge is 2.20. The maximum absolute atomic E-state index is 11.1. The summed E-state index contributed by atoms with van der Waals surface area (Å²) < 4.78 is 12.3. The number of hydrogen-bond acceptors (Lipinski definition) is 7. The van der Waals surface area contributed by atoms with Gasteiger partial charge in [-0.3, -0.25) is 9.69 Å². The molecule has 1 aliphatic heterocycles. The summed E-state index contributed by atoms with van der Waals surface area (Å²) in [6.07, 6.45) is 4.20. The summed E-state index contributed by atoms with van der Waals surface area (Å²) in [5, 5.41) is 10.4. The Kier molecular flexibility index (Phi) is 10.2. The largest absolute Gasteiger partial charge is 0.493 e. The Morgan fingerprint density at radius 2 is 1.61 bits per heavy atom. The van der Waals surface area contributed by atoms with Gasteiger partial charge in [-0.05, 0) is 90.6 Å². The van der Waals surface area contributed by atoms with Crippen LogP contribution >= 0.6 is 11.5 Å². The molecule has 0 spiro atoms. The Bertz CT molecular complexity index is 1430. The number of carboxylic acids is 1. The summed E-state index contributed by atoms with van der Waals surface area (Å²) in [4.78, 5) is 16.0. The Morgan fingerprint density at radius 1 is 0.902 bits per heavy atom. The van der Waals surface area contributed by atoms with Crippen molar-refractivity contribution in [1.82, 2.24) is 9.27 Å². The molecule has 2 heterocycles. The van der Waals surface area contributed by atoms with Gasteiger partial charge in [-0.2, -0.15) is 4.37 Å². The van der Waals surface area contributed by atoms with Crippen molar-refractivity contribution >= 4 is 33.4 Å². The van der Waals surface area contributed by atoms with Gasteiger partial charge < -0.3 is 20.5 Å². The van der Waals surface area contributed by atoms with E-state index >= 15 is 0 Å². The van der Waals surface area contributed by atoms with Crippen molar-refractivity contribution in [2.45, 2.75) is 38.5 Å². The van der Waals surface area contributed by atoms with Crippen molar-refractivity contribution in [2.75, 3.05) is 50.8 Å². The molecule has 41 heavy (non-hydrogen) atoms. The van der Waals surface area contributed by atoms with Gasteiger partial charge in [-0.1, -0.05) is 48.5 Å². The van der Waals surface area contributed by atoms with Crippen LogP contribution in [0, 0.1) is 0 Å². The summed E-state index contributed by atoms with van der Waals surface area (Å²) in [6, 6.07) is 23.2. The smallest absolute Gasteiger partial charge is 0.303 e. The third-order valence-corrected chi connectivity index (χ3v) is 8.55. The molecular formula is C33H40N4O3S. The molecule has 0 saturated carbocycles. The number of aliphatic carboxylic acids is 1. The van der Waals surface area contributed by atoms with Crippen LogP contribution in [0.1, 0.15) is 35.1 Å². The number of aryl methyl sites for hydroxylation is 3. The predicted octanol–water partition coefficient (Wildman–Crippen LogP) is 5.19. The first-order valence-corrected chi connectivity index (χ1v) is 15.4. The first-order valence-electron chi connectivity index (χ1n) is 14.6. The van der Waals surface area contributed by atoms with E-state index in [2.05, 4.69) is 70.5 Å². The number of nitrogens with zero attached hydrogens (tertiary/aromatic N) is 3. The van der Waals surface area contributed by atoms with E-state index in [0.29, 0.717) is 19.6 Å². The van der Waals surface area contributed by atoms with E-state index < -0.39 is 5.97 Å².